The van der Waals surface area contributed by atoms with Crippen LogP contribution in [0, 0.1) is 6.92 Å². The van der Waals surface area contributed by atoms with Gasteiger partial charge in [-0.2, -0.15) is 0 Å². The van der Waals surface area contributed by atoms with E-state index in [0.29, 0.717) is 17.3 Å². The van der Waals surface area contributed by atoms with Gasteiger partial charge in [-0.1, -0.05) is 6.92 Å². The van der Waals surface area contributed by atoms with Crippen molar-refractivity contribution < 1.29 is 8.42 Å². The maximum Gasteiger partial charge on any atom is 0.238 e. The molecule has 7 heteroatoms. The second-order valence-corrected chi connectivity index (χ2v) is 7.16. The van der Waals surface area contributed by atoms with Crippen LogP contribution in [0.25, 0.3) is 0 Å². The van der Waals surface area contributed by atoms with Crippen LogP contribution in [-0.4, -0.2) is 45.5 Å². The number of anilines is 2. The molecule has 118 valence electrons. The predicted octanol–water partition coefficient (Wildman–Crippen LogP) is 0.755. The summed E-state index contributed by atoms with van der Waals surface area (Å²) < 4.78 is 23.4. The lowest BCUT2D eigenvalue weighted by atomic mass is 10.1. The minimum atomic E-state index is -3.76. The highest BCUT2D eigenvalue weighted by Gasteiger charge is 2.25. The highest BCUT2D eigenvalue weighted by Crippen LogP contribution is 2.30. The van der Waals surface area contributed by atoms with Crippen LogP contribution in [0.4, 0.5) is 11.4 Å². The smallest absolute Gasteiger partial charge is 0.238 e. The molecule has 1 aliphatic heterocycles. The van der Waals surface area contributed by atoms with E-state index in [9.17, 15) is 8.42 Å². The number of hydrogen-bond acceptors (Lipinski definition) is 5. The van der Waals surface area contributed by atoms with E-state index < -0.39 is 10.0 Å². The van der Waals surface area contributed by atoms with Gasteiger partial charge in [0.05, 0.1) is 4.90 Å². The first kappa shape index (κ1) is 16.1. The summed E-state index contributed by atoms with van der Waals surface area (Å²) in [5.74, 6) is 0. The summed E-state index contributed by atoms with van der Waals surface area (Å²) in [5, 5.41) is 5.29. The number of piperazine rings is 1. The Kier molecular flexibility index (Phi) is 4.46. The average Bonchev–Trinajstić information content (AvgIpc) is 2.39. The maximum absolute atomic E-state index is 11.7. The monoisotopic (exact) mass is 312 g/mol. The standard InChI is InChI=1S/C14H24N4O2S/c1-4-17-5-6-18(9-10(17)2)13-7-12(15)8-14(11(13)3)21(16,19)20/h7-8,10H,4-6,9,15H2,1-3H3,(H2,16,19,20). The molecule has 1 fully saturated rings. The summed E-state index contributed by atoms with van der Waals surface area (Å²) in [6.45, 7) is 9.79. The first-order valence-corrected chi connectivity index (χ1v) is 8.70. The fourth-order valence-electron chi connectivity index (χ4n) is 3.00. The van der Waals surface area contributed by atoms with Crippen molar-refractivity contribution in [3.63, 3.8) is 0 Å². The van der Waals surface area contributed by atoms with Gasteiger partial charge in [0.1, 0.15) is 0 Å². The number of rotatable bonds is 3. The van der Waals surface area contributed by atoms with Gasteiger partial charge < -0.3 is 10.6 Å². The first-order valence-electron chi connectivity index (χ1n) is 7.16. The topological polar surface area (TPSA) is 92.7 Å². The number of primary sulfonamides is 1. The van der Waals surface area contributed by atoms with Gasteiger partial charge in [-0.15, -0.1) is 0 Å². The van der Waals surface area contributed by atoms with E-state index in [1.54, 1.807) is 6.92 Å². The van der Waals surface area contributed by atoms with Crippen molar-refractivity contribution >= 4 is 21.4 Å². The van der Waals surface area contributed by atoms with E-state index in [1.165, 1.54) is 6.07 Å². The zero-order valence-corrected chi connectivity index (χ0v) is 13.7. The van der Waals surface area contributed by atoms with E-state index >= 15 is 0 Å². The Bertz CT molecular complexity index is 630. The molecule has 1 atom stereocenters. The molecule has 21 heavy (non-hydrogen) atoms. The summed E-state index contributed by atoms with van der Waals surface area (Å²) in [7, 11) is -3.76. The number of likely N-dealkylation sites (N-methyl/N-ethyl adjacent to an activating group) is 1. The molecule has 0 saturated carbocycles. The molecule has 1 aliphatic rings. The molecule has 0 radical (unpaired) electrons. The summed E-state index contributed by atoms with van der Waals surface area (Å²) >= 11 is 0. The summed E-state index contributed by atoms with van der Waals surface area (Å²) in [5.41, 5.74) is 7.82. The number of nitrogens with zero attached hydrogens (tertiary/aromatic N) is 2. The lowest BCUT2D eigenvalue weighted by Crippen LogP contribution is -2.52. The molecule has 4 N–H and O–H groups in total. The third-order valence-electron chi connectivity index (χ3n) is 4.17. The van der Waals surface area contributed by atoms with Gasteiger partial charge in [-0.25, -0.2) is 13.6 Å². The minimum absolute atomic E-state index is 0.114. The lowest BCUT2D eigenvalue weighted by molar-refractivity contribution is 0.199. The number of sulfonamides is 1. The fourth-order valence-corrected chi connectivity index (χ4v) is 3.83. The molecule has 1 saturated heterocycles. The summed E-state index contributed by atoms with van der Waals surface area (Å²) in [6, 6.07) is 3.68. The molecule has 1 heterocycles. The second kappa shape index (κ2) is 5.82. The summed E-state index contributed by atoms with van der Waals surface area (Å²) in [6.07, 6.45) is 0. The molecule has 6 nitrogen and oxygen atoms in total. The van der Waals surface area contributed by atoms with E-state index in [4.69, 9.17) is 10.9 Å². The van der Waals surface area contributed by atoms with Gasteiger partial charge in [0, 0.05) is 37.1 Å². The third-order valence-corrected chi connectivity index (χ3v) is 5.21. The van der Waals surface area contributed by atoms with Gasteiger partial charge in [-0.05, 0) is 38.1 Å². The number of nitrogens with two attached hydrogens (primary N) is 2. The van der Waals surface area contributed by atoms with Crippen molar-refractivity contribution in [1.29, 1.82) is 0 Å². The largest absolute Gasteiger partial charge is 0.399 e. The molecule has 1 aromatic rings. The average molecular weight is 312 g/mol. The van der Waals surface area contributed by atoms with Crippen LogP contribution in [0.15, 0.2) is 17.0 Å². The van der Waals surface area contributed by atoms with E-state index in [0.717, 1.165) is 31.9 Å². The highest BCUT2D eigenvalue weighted by molar-refractivity contribution is 7.89. The van der Waals surface area contributed by atoms with Crippen LogP contribution in [0.3, 0.4) is 0 Å². The normalized spacial score (nSPS) is 20.8. The van der Waals surface area contributed by atoms with Crippen molar-refractivity contribution in [2.24, 2.45) is 5.14 Å². The zero-order valence-electron chi connectivity index (χ0n) is 12.8. The number of hydrogen-bond donors (Lipinski definition) is 2. The Morgan fingerprint density at radius 1 is 1.33 bits per heavy atom. The molecule has 0 bridgehead atoms. The highest BCUT2D eigenvalue weighted by atomic mass is 32.2. The van der Waals surface area contributed by atoms with Crippen molar-refractivity contribution in [3.05, 3.63) is 17.7 Å². The molecular formula is C14H24N4O2S. The second-order valence-electron chi connectivity index (χ2n) is 5.63. The van der Waals surface area contributed by atoms with Gasteiger partial charge in [0.2, 0.25) is 10.0 Å². The van der Waals surface area contributed by atoms with Crippen LogP contribution in [0.5, 0.6) is 0 Å². The number of benzene rings is 1. The van der Waals surface area contributed by atoms with Gasteiger partial charge in [0.25, 0.3) is 0 Å². The molecule has 0 aliphatic carbocycles. The van der Waals surface area contributed by atoms with Crippen molar-refractivity contribution in [1.82, 2.24) is 4.90 Å². The predicted molar refractivity (Wildman–Crippen MR) is 85.9 cm³/mol. The first-order chi connectivity index (χ1) is 9.74. The van der Waals surface area contributed by atoms with Crippen molar-refractivity contribution in [2.75, 3.05) is 36.8 Å². The van der Waals surface area contributed by atoms with Crippen LogP contribution in [0.1, 0.15) is 19.4 Å². The van der Waals surface area contributed by atoms with Crippen molar-refractivity contribution in [2.45, 2.75) is 31.7 Å². The Morgan fingerprint density at radius 3 is 2.52 bits per heavy atom. The van der Waals surface area contributed by atoms with Crippen molar-refractivity contribution in [3.8, 4) is 0 Å². The summed E-state index contributed by atoms with van der Waals surface area (Å²) in [4.78, 5) is 4.71. The fraction of sp³-hybridized carbons (Fsp3) is 0.571. The quantitative estimate of drug-likeness (QED) is 0.804. The Hall–Kier alpha value is -1.31. The maximum atomic E-state index is 11.7. The molecular weight excluding hydrogens is 288 g/mol. The Morgan fingerprint density at radius 2 is 2.00 bits per heavy atom. The Balaban J connectivity index is 2.39. The molecule has 0 aromatic heterocycles. The van der Waals surface area contributed by atoms with Crippen LogP contribution < -0.4 is 15.8 Å². The Labute approximate surface area is 126 Å². The zero-order chi connectivity index (χ0) is 15.8. The van der Waals surface area contributed by atoms with Gasteiger partial charge >= 0.3 is 0 Å². The van der Waals surface area contributed by atoms with E-state index in [1.807, 2.05) is 6.07 Å². The molecule has 1 unspecified atom stereocenters. The van der Waals surface area contributed by atoms with E-state index in [2.05, 4.69) is 23.6 Å². The van der Waals surface area contributed by atoms with Crippen LogP contribution in [-0.2, 0) is 10.0 Å². The van der Waals surface area contributed by atoms with E-state index in [-0.39, 0.29) is 4.90 Å². The third kappa shape index (κ3) is 3.30. The number of nitrogen functional groups attached to an aromatic ring is 1. The molecule has 1 aromatic carbocycles. The van der Waals surface area contributed by atoms with Crippen LogP contribution >= 0.6 is 0 Å². The molecule has 0 amide bonds. The minimum Gasteiger partial charge on any atom is -0.399 e. The molecule has 0 spiro atoms. The van der Waals surface area contributed by atoms with Crippen LogP contribution in [0.2, 0.25) is 0 Å². The van der Waals surface area contributed by atoms with Gasteiger partial charge in [0.15, 0.2) is 0 Å². The molecule has 2 rings (SSSR count). The van der Waals surface area contributed by atoms with Gasteiger partial charge in [-0.3, -0.25) is 4.90 Å². The lowest BCUT2D eigenvalue weighted by Gasteiger charge is -2.41. The SMILES string of the molecule is CCN1CCN(c2cc(N)cc(S(N)(=O)=O)c2C)CC1C.